The number of hydrogen-bond donors (Lipinski definition) is 2. The van der Waals surface area contributed by atoms with E-state index in [1.165, 1.54) is 0 Å². The molecule has 2 rings (SSSR count). The van der Waals surface area contributed by atoms with Crippen LogP contribution in [0.3, 0.4) is 0 Å². The highest BCUT2D eigenvalue weighted by Gasteiger charge is 2.18. The second-order valence-corrected chi connectivity index (χ2v) is 6.68. The van der Waals surface area contributed by atoms with Crippen molar-refractivity contribution in [3.8, 4) is 0 Å². The van der Waals surface area contributed by atoms with Crippen LogP contribution in [0.1, 0.15) is 30.6 Å². The zero-order valence-electron chi connectivity index (χ0n) is 12.4. The Balaban J connectivity index is 2.33. The first kappa shape index (κ1) is 15.5. The smallest absolute Gasteiger partial charge is 0.262 e. The summed E-state index contributed by atoms with van der Waals surface area (Å²) in [6.45, 7) is 3.71. The molecule has 0 bridgehead atoms. The van der Waals surface area contributed by atoms with Gasteiger partial charge in [-0.15, -0.1) is 0 Å². The standard InChI is InChI=1S/C14H20N4O2S/c1-4-13(15)11-6-5-7-12(8-11)21(19,20)17-14-9-18(3)16-10(14)2/h5-9,13,17H,4,15H2,1-3H3. The minimum atomic E-state index is -3.65. The summed E-state index contributed by atoms with van der Waals surface area (Å²) in [7, 11) is -1.90. The van der Waals surface area contributed by atoms with E-state index >= 15 is 0 Å². The highest BCUT2D eigenvalue weighted by atomic mass is 32.2. The molecule has 0 aliphatic heterocycles. The molecule has 1 unspecified atom stereocenters. The molecule has 0 aliphatic carbocycles. The zero-order valence-corrected chi connectivity index (χ0v) is 13.2. The largest absolute Gasteiger partial charge is 0.324 e. The number of nitrogens with two attached hydrogens (primary N) is 1. The normalized spacial score (nSPS) is 13.1. The second-order valence-electron chi connectivity index (χ2n) is 4.99. The molecule has 0 aliphatic rings. The van der Waals surface area contributed by atoms with Crippen LogP contribution in [-0.4, -0.2) is 18.2 Å². The Morgan fingerprint density at radius 2 is 2.14 bits per heavy atom. The summed E-state index contributed by atoms with van der Waals surface area (Å²) in [5, 5.41) is 4.12. The third-order valence-electron chi connectivity index (χ3n) is 3.29. The average molecular weight is 308 g/mol. The van der Waals surface area contributed by atoms with Gasteiger partial charge in [0.1, 0.15) is 0 Å². The van der Waals surface area contributed by atoms with E-state index in [9.17, 15) is 8.42 Å². The predicted molar refractivity (Wildman–Crippen MR) is 82.4 cm³/mol. The number of aromatic nitrogens is 2. The lowest BCUT2D eigenvalue weighted by Gasteiger charge is -2.12. The lowest BCUT2D eigenvalue weighted by atomic mass is 10.1. The van der Waals surface area contributed by atoms with E-state index in [0.29, 0.717) is 11.4 Å². The van der Waals surface area contributed by atoms with Gasteiger partial charge in [0.25, 0.3) is 10.0 Å². The van der Waals surface area contributed by atoms with Crippen molar-refractivity contribution >= 4 is 15.7 Å². The van der Waals surface area contributed by atoms with Gasteiger partial charge in [0, 0.05) is 19.3 Å². The summed E-state index contributed by atoms with van der Waals surface area (Å²) in [6, 6.07) is 6.54. The van der Waals surface area contributed by atoms with Gasteiger partial charge in [-0.05, 0) is 31.0 Å². The van der Waals surface area contributed by atoms with Crippen molar-refractivity contribution in [3.05, 3.63) is 41.7 Å². The minimum absolute atomic E-state index is 0.166. The monoisotopic (exact) mass is 308 g/mol. The van der Waals surface area contributed by atoms with E-state index in [1.807, 2.05) is 13.0 Å². The van der Waals surface area contributed by atoms with Crippen LogP contribution in [0.15, 0.2) is 35.4 Å². The molecule has 0 amide bonds. The van der Waals surface area contributed by atoms with Crippen LogP contribution in [0.4, 0.5) is 5.69 Å². The van der Waals surface area contributed by atoms with Crippen LogP contribution in [0.25, 0.3) is 0 Å². The summed E-state index contributed by atoms with van der Waals surface area (Å²) >= 11 is 0. The number of rotatable bonds is 5. The first-order valence-electron chi connectivity index (χ1n) is 6.72. The topological polar surface area (TPSA) is 90.0 Å². The van der Waals surface area contributed by atoms with Crippen LogP contribution in [0.5, 0.6) is 0 Å². The summed E-state index contributed by atoms with van der Waals surface area (Å²) in [5.41, 5.74) is 7.87. The predicted octanol–water partition coefficient (Wildman–Crippen LogP) is 1.94. The van der Waals surface area contributed by atoms with Gasteiger partial charge < -0.3 is 5.73 Å². The Bertz CT molecular complexity index is 737. The molecule has 0 saturated carbocycles. The maximum atomic E-state index is 12.4. The van der Waals surface area contributed by atoms with Crippen molar-refractivity contribution in [1.82, 2.24) is 9.78 Å². The molecule has 114 valence electrons. The van der Waals surface area contributed by atoms with Crippen molar-refractivity contribution in [3.63, 3.8) is 0 Å². The number of nitrogens with one attached hydrogen (secondary N) is 1. The lowest BCUT2D eigenvalue weighted by Crippen LogP contribution is -2.15. The Morgan fingerprint density at radius 3 is 2.71 bits per heavy atom. The second kappa shape index (κ2) is 5.87. The average Bonchev–Trinajstić information content (AvgIpc) is 2.75. The third-order valence-corrected chi connectivity index (χ3v) is 4.66. The minimum Gasteiger partial charge on any atom is -0.324 e. The van der Waals surface area contributed by atoms with E-state index in [0.717, 1.165) is 12.0 Å². The van der Waals surface area contributed by atoms with Crippen LogP contribution in [-0.2, 0) is 17.1 Å². The molecule has 1 heterocycles. The Kier molecular flexibility index (Phi) is 4.34. The molecular formula is C14H20N4O2S. The molecule has 0 saturated heterocycles. The summed E-state index contributed by atoms with van der Waals surface area (Å²) in [5.74, 6) is 0. The van der Waals surface area contributed by atoms with Gasteiger partial charge in [-0.2, -0.15) is 5.10 Å². The van der Waals surface area contributed by atoms with E-state index in [-0.39, 0.29) is 10.9 Å². The van der Waals surface area contributed by atoms with E-state index in [2.05, 4.69) is 9.82 Å². The van der Waals surface area contributed by atoms with E-state index in [4.69, 9.17) is 5.73 Å². The van der Waals surface area contributed by atoms with E-state index < -0.39 is 10.0 Å². The third kappa shape index (κ3) is 3.43. The van der Waals surface area contributed by atoms with E-state index in [1.54, 1.807) is 43.0 Å². The molecular weight excluding hydrogens is 288 g/mol. The number of hydrogen-bond acceptors (Lipinski definition) is 4. The van der Waals surface area contributed by atoms with Gasteiger partial charge in [0.2, 0.25) is 0 Å². The van der Waals surface area contributed by atoms with Gasteiger partial charge in [0.05, 0.1) is 16.3 Å². The van der Waals surface area contributed by atoms with Gasteiger partial charge in [-0.1, -0.05) is 19.1 Å². The number of benzene rings is 1. The highest BCUT2D eigenvalue weighted by molar-refractivity contribution is 7.92. The zero-order chi connectivity index (χ0) is 15.6. The molecule has 7 heteroatoms. The molecule has 1 aromatic carbocycles. The molecule has 0 fully saturated rings. The fraction of sp³-hybridized carbons (Fsp3) is 0.357. The van der Waals surface area contributed by atoms with Crippen molar-refractivity contribution in [1.29, 1.82) is 0 Å². The molecule has 2 aromatic rings. The fourth-order valence-corrected chi connectivity index (χ4v) is 3.21. The lowest BCUT2D eigenvalue weighted by molar-refractivity contribution is 0.600. The summed E-state index contributed by atoms with van der Waals surface area (Å²) in [4.78, 5) is 0.201. The fourth-order valence-electron chi connectivity index (χ4n) is 2.05. The Morgan fingerprint density at radius 1 is 1.43 bits per heavy atom. The maximum absolute atomic E-state index is 12.4. The molecule has 0 spiro atoms. The maximum Gasteiger partial charge on any atom is 0.262 e. The molecule has 1 aromatic heterocycles. The molecule has 21 heavy (non-hydrogen) atoms. The highest BCUT2D eigenvalue weighted by Crippen LogP contribution is 2.21. The first-order chi connectivity index (χ1) is 9.83. The molecule has 1 atom stereocenters. The summed E-state index contributed by atoms with van der Waals surface area (Å²) in [6.07, 6.45) is 2.38. The van der Waals surface area contributed by atoms with Crippen LogP contribution in [0, 0.1) is 6.92 Å². The van der Waals surface area contributed by atoms with Crippen LogP contribution in [0.2, 0.25) is 0 Å². The van der Waals surface area contributed by atoms with Crippen molar-refractivity contribution in [2.45, 2.75) is 31.2 Å². The quantitative estimate of drug-likeness (QED) is 0.883. The number of sulfonamides is 1. The van der Waals surface area contributed by atoms with Gasteiger partial charge in [-0.3, -0.25) is 9.40 Å². The van der Waals surface area contributed by atoms with Crippen LogP contribution >= 0.6 is 0 Å². The number of aryl methyl sites for hydroxylation is 2. The van der Waals surface area contributed by atoms with Crippen molar-refractivity contribution in [2.75, 3.05) is 4.72 Å². The SMILES string of the molecule is CCC(N)c1cccc(S(=O)(=O)Nc2cn(C)nc2C)c1. The van der Waals surface area contributed by atoms with Gasteiger partial charge >= 0.3 is 0 Å². The molecule has 6 nitrogen and oxygen atoms in total. The van der Waals surface area contributed by atoms with Crippen LogP contribution < -0.4 is 10.5 Å². The van der Waals surface area contributed by atoms with Crippen molar-refractivity contribution in [2.24, 2.45) is 12.8 Å². The Labute approximate surface area is 125 Å². The molecule has 3 N–H and O–H groups in total. The first-order valence-corrected chi connectivity index (χ1v) is 8.20. The summed E-state index contributed by atoms with van der Waals surface area (Å²) < 4.78 is 29.0. The Hall–Kier alpha value is -1.86. The molecule has 0 radical (unpaired) electrons. The van der Waals surface area contributed by atoms with Gasteiger partial charge in [-0.25, -0.2) is 8.42 Å². The van der Waals surface area contributed by atoms with Gasteiger partial charge in [0.15, 0.2) is 0 Å². The number of nitrogens with zero attached hydrogens (tertiary/aromatic N) is 2. The number of anilines is 1. The van der Waals surface area contributed by atoms with Crippen molar-refractivity contribution < 1.29 is 8.42 Å².